The van der Waals surface area contributed by atoms with Gasteiger partial charge in [0, 0.05) is 10.9 Å². The second-order valence-corrected chi connectivity index (χ2v) is 5.07. The lowest BCUT2D eigenvalue weighted by molar-refractivity contribution is 0.0190. The molecule has 0 amide bonds. The van der Waals surface area contributed by atoms with Gasteiger partial charge in [-0.3, -0.25) is 0 Å². The van der Waals surface area contributed by atoms with Gasteiger partial charge in [-0.1, -0.05) is 30.3 Å². The molecule has 1 N–H and O–H groups in total. The Bertz CT molecular complexity index is 849. The van der Waals surface area contributed by atoms with E-state index in [1.165, 1.54) is 0 Å². The lowest BCUT2D eigenvalue weighted by Crippen LogP contribution is -2.19. The normalized spacial score (nSPS) is 17.2. The minimum atomic E-state index is -1.01. The van der Waals surface area contributed by atoms with Crippen molar-refractivity contribution in [3.8, 4) is 5.88 Å². The summed E-state index contributed by atoms with van der Waals surface area (Å²) in [6.07, 6.45) is 2.36. The second-order valence-electron chi connectivity index (χ2n) is 5.07. The van der Waals surface area contributed by atoms with Crippen LogP contribution in [-0.2, 0) is 0 Å². The van der Waals surface area contributed by atoms with Crippen molar-refractivity contribution in [1.82, 2.24) is 4.98 Å². The summed E-state index contributed by atoms with van der Waals surface area (Å²) in [5.41, 5.74) is 4.35. The smallest absolute Gasteiger partial charge is 0.229 e. The Labute approximate surface area is 121 Å². The lowest BCUT2D eigenvalue weighted by atomic mass is 9.96. The first-order valence-corrected chi connectivity index (χ1v) is 6.73. The van der Waals surface area contributed by atoms with Crippen LogP contribution in [0.5, 0.6) is 5.88 Å². The highest BCUT2D eigenvalue weighted by molar-refractivity contribution is 5.89. The topological polar surface area (TPSA) is 55.5 Å². The molecule has 0 aliphatic carbocycles. The molecule has 4 heteroatoms. The maximum absolute atomic E-state index is 9.90. The van der Waals surface area contributed by atoms with E-state index in [0.29, 0.717) is 11.6 Å². The Morgan fingerprint density at radius 3 is 2.81 bits per heavy atom. The third-order valence-electron chi connectivity index (χ3n) is 3.64. The molecule has 1 aliphatic heterocycles. The van der Waals surface area contributed by atoms with Crippen LogP contribution >= 0.6 is 0 Å². The Kier molecular flexibility index (Phi) is 2.59. The summed E-state index contributed by atoms with van der Waals surface area (Å²) in [5.74, 6) is 0.394. The standard InChI is InChI=1S/C17H13NO3/c1-10-9-20-16-12(10)7-14-13(11-5-3-2-4-6-11)8-15(19)21-17(14)18-16/h2-9,15,19H,1H3. The second kappa shape index (κ2) is 4.46. The average Bonchev–Trinajstić information content (AvgIpc) is 2.86. The molecule has 104 valence electrons. The number of aryl methyl sites for hydroxylation is 1. The SMILES string of the molecule is Cc1coc2nc3c(cc12)C(c1ccccc1)=CC(O)O3. The van der Waals surface area contributed by atoms with E-state index in [4.69, 9.17) is 9.15 Å². The Morgan fingerprint density at radius 1 is 1.19 bits per heavy atom. The average molecular weight is 279 g/mol. The van der Waals surface area contributed by atoms with E-state index in [9.17, 15) is 5.11 Å². The van der Waals surface area contributed by atoms with Gasteiger partial charge in [0.05, 0.1) is 6.26 Å². The molecule has 3 heterocycles. The molecule has 3 aromatic rings. The van der Waals surface area contributed by atoms with Crippen molar-refractivity contribution in [2.45, 2.75) is 13.2 Å². The van der Waals surface area contributed by atoms with Gasteiger partial charge in [0.15, 0.2) is 0 Å². The molecule has 1 unspecified atom stereocenters. The summed E-state index contributed by atoms with van der Waals surface area (Å²) in [6, 6.07) is 11.9. The number of furan rings is 1. The Morgan fingerprint density at radius 2 is 2.00 bits per heavy atom. The van der Waals surface area contributed by atoms with E-state index in [1.54, 1.807) is 12.3 Å². The first-order chi connectivity index (χ1) is 10.2. The molecule has 0 spiro atoms. The summed E-state index contributed by atoms with van der Waals surface area (Å²) < 4.78 is 10.8. The number of hydrogen-bond donors (Lipinski definition) is 1. The minimum absolute atomic E-state index is 0.394. The third kappa shape index (κ3) is 1.92. The largest absolute Gasteiger partial charge is 0.446 e. The zero-order chi connectivity index (χ0) is 14.4. The van der Waals surface area contributed by atoms with Crippen LogP contribution in [-0.4, -0.2) is 16.4 Å². The maximum Gasteiger partial charge on any atom is 0.229 e. The lowest BCUT2D eigenvalue weighted by Gasteiger charge is -2.21. The molecule has 2 aromatic heterocycles. The van der Waals surface area contributed by atoms with Crippen molar-refractivity contribution in [2.24, 2.45) is 0 Å². The van der Waals surface area contributed by atoms with E-state index in [0.717, 1.165) is 27.6 Å². The molecule has 0 fully saturated rings. The van der Waals surface area contributed by atoms with Gasteiger partial charge in [-0.25, -0.2) is 0 Å². The highest BCUT2D eigenvalue weighted by Gasteiger charge is 2.23. The number of aliphatic hydroxyl groups is 1. The molecule has 1 atom stereocenters. The van der Waals surface area contributed by atoms with Gasteiger partial charge in [0.2, 0.25) is 17.9 Å². The van der Waals surface area contributed by atoms with E-state index in [1.807, 2.05) is 43.3 Å². The number of hydrogen-bond acceptors (Lipinski definition) is 4. The van der Waals surface area contributed by atoms with Crippen LogP contribution < -0.4 is 4.74 Å². The molecule has 0 saturated heterocycles. The van der Waals surface area contributed by atoms with Crippen molar-refractivity contribution in [3.05, 3.63) is 65.4 Å². The van der Waals surface area contributed by atoms with Gasteiger partial charge in [-0.2, -0.15) is 4.98 Å². The van der Waals surface area contributed by atoms with Crippen LogP contribution in [0.4, 0.5) is 0 Å². The number of pyridine rings is 1. The van der Waals surface area contributed by atoms with Crippen molar-refractivity contribution >= 4 is 16.7 Å². The summed E-state index contributed by atoms with van der Waals surface area (Å²) in [7, 11) is 0. The predicted octanol–water partition coefficient (Wildman–Crippen LogP) is 3.28. The van der Waals surface area contributed by atoms with Crippen LogP contribution in [0.2, 0.25) is 0 Å². The highest BCUT2D eigenvalue weighted by atomic mass is 16.6. The van der Waals surface area contributed by atoms with Gasteiger partial charge in [0.25, 0.3) is 0 Å². The van der Waals surface area contributed by atoms with Crippen LogP contribution in [0.1, 0.15) is 16.7 Å². The van der Waals surface area contributed by atoms with Crippen molar-refractivity contribution in [1.29, 1.82) is 0 Å². The monoisotopic (exact) mass is 279 g/mol. The summed E-state index contributed by atoms with van der Waals surface area (Å²) >= 11 is 0. The van der Waals surface area contributed by atoms with Gasteiger partial charge in [0.1, 0.15) is 0 Å². The number of aromatic nitrogens is 1. The predicted molar refractivity (Wildman–Crippen MR) is 78.9 cm³/mol. The van der Waals surface area contributed by atoms with Gasteiger partial charge in [-0.15, -0.1) is 0 Å². The number of ether oxygens (including phenoxy) is 1. The molecule has 1 aliphatic rings. The van der Waals surface area contributed by atoms with E-state index < -0.39 is 6.29 Å². The van der Waals surface area contributed by atoms with Crippen LogP contribution in [0.3, 0.4) is 0 Å². The number of aliphatic hydroxyl groups excluding tert-OH is 1. The molecule has 0 saturated carbocycles. The quantitative estimate of drug-likeness (QED) is 0.742. The number of nitrogens with zero attached hydrogens (tertiary/aromatic N) is 1. The highest BCUT2D eigenvalue weighted by Crippen LogP contribution is 2.37. The molecule has 4 rings (SSSR count). The van der Waals surface area contributed by atoms with Crippen molar-refractivity contribution in [2.75, 3.05) is 0 Å². The van der Waals surface area contributed by atoms with Crippen LogP contribution in [0, 0.1) is 6.92 Å². The first kappa shape index (κ1) is 12.2. The van der Waals surface area contributed by atoms with E-state index in [2.05, 4.69) is 4.98 Å². The summed E-state index contributed by atoms with van der Waals surface area (Å²) in [5, 5.41) is 10.8. The van der Waals surface area contributed by atoms with Gasteiger partial charge >= 0.3 is 0 Å². The molecular weight excluding hydrogens is 266 g/mol. The number of fused-ring (bicyclic) bond motifs is 2. The van der Waals surface area contributed by atoms with Crippen molar-refractivity contribution in [3.63, 3.8) is 0 Å². The molecule has 0 radical (unpaired) electrons. The van der Waals surface area contributed by atoms with E-state index in [-0.39, 0.29) is 0 Å². The fourth-order valence-electron chi connectivity index (χ4n) is 2.59. The van der Waals surface area contributed by atoms with Gasteiger partial charge in [-0.05, 0) is 35.8 Å². The van der Waals surface area contributed by atoms with Gasteiger partial charge < -0.3 is 14.3 Å². The molecular formula is C17H13NO3. The molecule has 4 nitrogen and oxygen atoms in total. The zero-order valence-corrected chi connectivity index (χ0v) is 11.4. The fourth-order valence-corrected chi connectivity index (χ4v) is 2.59. The summed E-state index contributed by atoms with van der Waals surface area (Å²) in [6.45, 7) is 1.98. The molecule has 0 bridgehead atoms. The Balaban J connectivity index is 1.97. The minimum Gasteiger partial charge on any atom is -0.446 e. The first-order valence-electron chi connectivity index (χ1n) is 6.73. The third-order valence-corrected chi connectivity index (χ3v) is 3.64. The van der Waals surface area contributed by atoms with Crippen LogP contribution in [0.15, 0.2) is 53.2 Å². The van der Waals surface area contributed by atoms with E-state index >= 15 is 0 Å². The molecule has 1 aromatic carbocycles. The fraction of sp³-hybridized carbons (Fsp3) is 0.118. The Hall–Kier alpha value is -2.59. The van der Waals surface area contributed by atoms with Crippen LogP contribution in [0.25, 0.3) is 16.7 Å². The number of benzene rings is 1. The maximum atomic E-state index is 9.90. The van der Waals surface area contributed by atoms with Crippen molar-refractivity contribution < 1.29 is 14.3 Å². The summed E-state index contributed by atoms with van der Waals surface area (Å²) in [4.78, 5) is 4.37. The zero-order valence-electron chi connectivity index (χ0n) is 11.4. The molecule has 21 heavy (non-hydrogen) atoms. The number of rotatable bonds is 1.